The van der Waals surface area contributed by atoms with E-state index in [1.165, 1.54) is 0 Å². The lowest BCUT2D eigenvalue weighted by Gasteiger charge is -2.22. The lowest BCUT2D eigenvalue weighted by Crippen LogP contribution is -2.39. The Morgan fingerprint density at radius 1 is 1.42 bits per heavy atom. The van der Waals surface area contributed by atoms with Crippen molar-refractivity contribution < 1.29 is 14.6 Å². The van der Waals surface area contributed by atoms with Gasteiger partial charge in [0.1, 0.15) is 5.60 Å². The van der Waals surface area contributed by atoms with Gasteiger partial charge in [0.25, 0.3) is 0 Å². The number of nitrogens with zero attached hydrogens (tertiary/aromatic N) is 1. The standard InChI is InChI=1S/C19H33N3O3S/c1-3-20-18(22-15-19(2,23)17-7-12-26-14-17)21-8-4-9-25-13-16-5-10-24-11-6-16/h7,12,14,16,23H,3-6,8-11,13,15H2,1-2H3,(H2,20,21,22). The van der Waals surface area contributed by atoms with Crippen molar-refractivity contribution in [1.29, 1.82) is 0 Å². The number of hydrogen-bond donors (Lipinski definition) is 3. The van der Waals surface area contributed by atoms with E-state index in [0.717, 1.165) is 70.3 Å². The first kappa shape index (κ1) is 21.2. The lowest BCUT2D eigenvalue weighted by molar-refractivity contribution is 0.0203. The highest BCUT2D eigenvalue weighted by Gasteiger charge is 2.23. The van der Waals surface area contributed by atoms with Gasteiger partial charge >= 0.3 is 0 Å². The summed E-state index contributed by atoms with van der Waals surface area (Å²) in [5.74, 6) is 1.38. The predicted molar refractivity (Wildman–Crippen MR) is 107 cm³/mol. The van der Waals surface area contributed by atoms with E-state index >= 15 is 0 Å². The third-order valence-electron chi connectivity index (χ3n) is 4.48. The molecule has 0 saturated carbocycles. The van der Waals surface area contributed by atoms with Gasteiger partial charge in [-0.05, 0) is 61.4 Å². The molecule has 0 bridgehead atoms. The van der Waals surface area contributed by atoms with Crippen molar-refractivity contribution in [2.24, 2.45) is 10.9 Å². The normalized spacial score (nSPS) is 18.5. The zero-order chi connectivity index (χ0) is 18.7. The van der Waals surface area contributed by atoms with E-state index in [1.807, 2.05) is 23.8 Å². The molecule has 26 heavy (non-hydrogen) atoms. The number of rotatable bonds is 10. The number of guanidine groups is 1. The Hall–Kier alpha value is -1.15. The van der Waals surface area contributed by atoms with Crippen LogP contribution in [-0.2, 0) is 15.1 Å². The van der Waals surface area contributed by atoms with Crippen LogP contribution in [0.3, 0.4) is 0 Å². The summed E-state index contributed by atoms with van der Waals surface area (Å²) in [6.45, 7) is 9.04. The third-order valence-corrected chi connectivity index (χ3v) is 5.17. The fraction of sp³-hybridized carbons (Fsp3) is 0.737. The average Bonchev–Trinajstić information content (AvgIpc) is 3.19. The second-order valence-electron chi connectivity index (χ2n) is 6.89. The Morgan fingerprint density at radius 2 is 2.23 bits per heavy atom. The zero-order valence-corrected chi connectivity index (χ0v) is 16.8. The van der Waals surface area contributed by atoms with E-state index in [1.54, 1.807) is 18.3 Å². The molecule has 2 rings (SSSR count). The van der Waals surface area contributed by atoms with Crippen molar-refractivity contribution in [3.05, 3.63) is 22.4 Å². The topological polar surface area (TPSA) is 75.1 Å². The van der Waals surface area contributed by atoms with Gasteiger partial charge in [-0.1, -0.05) is 0 Å². The summed E-state index contributed by atoms with van der Waals surface area (Å²) in [7, 11) is 0. The number of hydrogen-bond acceptors (Lipinski definition) is 5. The summed E-state index contributed by atoms with van der Waals surface area (Å²) in [4.78, 5) is 4.53. The van der Waals surface area contributed by atoms with Crippen LogP contribution in [0.4, 0.5) is 0 Å². The van der Waals surface area contributed by atoms with Gasteiger partial charge in [-0.15, -0.1) is 0 Å². The molecule has 0 spiro atoms. The summed E-state index contributed by atoms with van der Waals surface area (Å²) in [6, 6.07) is 1.94. The van der Waals surface area contributed by atoms with Crippen LogP contribution >= 0.6 is 11.3 Å². The molecule has 1 fully saturated rings. The molecule has 0 amide bonds. The second-order valence-corrected chi connectivity index (χ2v) is 7.67. The van der Waals surface area contributed by atoms with Gasteiger partial charge in [-0.2, -0.15) is 11.3 Å². The molecule has 6 nitrogen and oxygen atoms in total. The largest absolute Gasteiger partial charge is 0.383 e. The van der Waals surface area contributed by atoms with E-state index in [-0.39, 0.29) is 0 Å². The van der Waals surface area contributed by atoms with Crippen molar-refractivity contribution in [1.82, 2.24) is 10.6 Å². The molecular formula is C19H33N3O3S. The minimum atomic E-state index is -0.949. The fourth-order valence-electron chi connectivity index (χ4n) is 2.78. The summed E-state index contributed by atoms with van der Waals surface area (Å²) in [6.07, 6.45) is 3.15. The summed E-state index contributed by atoms with van der Waals surface area (Å²) in [5.41, 5.74) is -0.0431. The van der Waals surface area contributed by atoms with Gasteiger partial charge < -0.3 is 25.2 Å². The van der Waals surface area contributed by atoms with E-state index in [0.29, 0.717) is 12.5 Å². The smallest absolute Gasteiger partial charge is 0.191 e. The lowest BCUT2D eigenvalue weighted by atomic mass is 10.00. The molecule has 1 aromatic heterocycles. The molecule has 7 heteroatoms. The first-order chi connectivity index (χ1) is 12.6. The molecule has 148 valence electrons. The fourth-order valence-corrected chi connectivity index (χ4v) is 3.56. The maximum Gasteiger partial charge on any atom is 0.191 e. The van der Waals surface area contributed by atoms with E-state index in [2.05, 4.69) is 15.6 Å². The van der Waals surface area contributed by atoms with Crippen molar-refractivity contribution in [2.45, 2.75) is 38.7 Å². The van der Waals surface area contributed by atoms with Gasteiger partial charge in [0.05, 0.1) is 6.54 Å². The minimum Gasteiger partial charge on any atom is -0.383 e. The van der Waals surface area contributed by atoms with Crippen LogP contribution < -0.4 is 10.6 Å². The zero-order valence-electron chi connectivity index (χ0n) is 16.0. The van der Waals surface area contributed by atoms with Crippen molar-refractivity contribution >= 4 is 17.3 Å². The molecule has 0 aliphatic carbocycles. The summed E-state index contributed by atoms with van der Waals surface area (Å²) in [5, 5.41) is 21.0. The Morgan fingerprint density at radius 3 is 2.92 bits per heavy atom. The van der Waals surface area contributed by atoms with Gasteiger partial charge in [0.2, 0.25) is 0 Å². The van der Waals surface area contributed by atoms with Crippen LogP contribution in [0.2, 0.25) is 0 Å². The number of aliphatic imine (C=N–C) groups is 1. The SMILES string of the molecule is CCNC(=NCC(C)(O)c1ccsc1)NCCCOCC1CCOCC1. The van der Waals surface area contributed by atoms with Crippen molar-refractivity contribution in [3.8, 4) is 0 Å². The molecule has 1 aromatic rings. The molecule has 3 N–H and O–H groups in total. The van der Waals surface area contributed by atoms with Crippen LogP contribution in [0.5, 0.6) is 0 Å². The van der Waals surface area contributed by atoms with Crippen molar-refractivity contribution in [2.75, 3.05) is 46.1 Å². The number of thiophene rings is 1. The molecule has 1 unspecified atom stereocenters. The minimum absolute atomic E-state index is 0.319. The molecule has 1 atom stereocenters. The van der Waals surface area contributed by atoms with Gasteiger partial charge in [-0.25, -0.2) is 4.99 Å². The highest BCUT2D eigenvalue weighted by atomic mass is 32.1. The number of aliphatic hydroxyl groups is 1. The highest BCUT2D eigenvalue weighted by Crippen LogP contribution is 2.23. The maximum atomic E-state index is 10.6. The van der Waals surface area contributed by atoms with Crippen molar-refractivity contribution in [3.63, 3.8) is 0 Å². The molecule has 1 aliphatic rings. The molecule has 1 saturated heterocycles. The van der Waals surface area contributed by atoms with E-state index < -0.39 is 5.60 Å². The molecular weight excluding hydrogens is 350 g/mol. The monoisotopic (exact) mass is 383 g/mol. The first-order valence-electron chi connectivity index (χ1n) is 9.54. The van der Waals surface area contributed by atoms with Crippen LogP contribution in [0.1, 0.15) is 38.7 Å². The first-order valence-corrected chi connectivity index (χ1v) is 10.5. The highest BCUT2D eigenvalue weighted by molar-refractivity contribution is 7.08. The second kappa shape index (κ2) is 11.5. The number of ether oxygens (including phenoxy) is 2. The Kier molecular flexibility index (Phi) is 9.39. The van der Waals surface area contributed by atoms with E-state index in [9.17, 15) is 5.11 Å². The number of nitrogens with one attached hydrogen (secondary N) is 2. The average molecular weight is 384 g/mol. The van der Waals surface area contributed by atoms with Gasteiger partial charge in [0.15, 0.2) is 5.96 Å². The summed E-state index contributed by atoms with van der Waals surface area (Å²) < 4.78 is 11.1. The van der Waals surface area contributed by atoms with Crippen LogP contribution in [0.25, 0.3) is 0 Å². The maximum absolute atomic E-state index is 10.6. The summed E-state index contributed by atoms with van der Waals surface area (Å²) >= 11 is 1.58. The predicted octanol–water partition coefficient (Wildman–Crippen LogP) is 2.34. The van der Waals surface area contributed by atoms with Gasteiger partial charge in [-0.3, -0.25) is 0 Å². The molecule has 1 aliphatic heterocycles. The van der Waals surface area contributed by atoms with Crippen LogP contribution in [-0.4, -0.2) is 57.1 Å². The van der Waals surface area contributed by atoms with E-state index in [4.69, 9.17) is 9.47 Å². The quantitative estimate of drug-likeness (QED) is 0.328. The Bertz CT molecular complexity index is 514. The van der Waals surface area contributed by atoms with Gasteiger partial charge in [0, 0.05) is 39.5 Å². The molecule has 0 aromatic carbocycles. The Labute approximate surface area is 161 Å². The van der Waals surface area contributed by atoms with Crippen LogP contribution in [0, 0.1) is 5.92 Å². The van der Waals surface area contributed by atoms with Crippen LogP contribution in [0.15, 0.2) is 21.8 Å². The molecule has 0 radical (unpaired) electrons. The third kappa shape index (κ3) is 7.61. The molecule has 2 heterocycles. The Balaban J connectivity index is 1.65.